The number of sulfonamides is 1. The van der Waals surface area contributed by atoms with Gasteiger partial charge in [0.1, 0.15) is 9.96 Å². The van der Waals surface area contributed by atoms with Gasteiger partial charge in [0.05, 0.1) is 13.7 Å². The van der Waals surface area contributed by atoms with Crippen LogP contribution in [0.3, 0.4) is 0 Å². The molecule has 0 atom stereocenters. The van der Waals surface area contributed by atoms with Crippen LogP contribution in [-0.4, -0.2) is 44.9 Å². The lowest BCUT2D eigenvalue weighted by molar-refractivity contribution is 0.0951. The van der Waals surface area contributed by atoms with Crippen LogP contribution < -0.4 is 15.4 Å². The molecule has 2 aromatic carbocycles. The molecule has 0 unspecified atom stereocenters. The summed E-state index contributed by atoms with van der Waals surface area (Å²) < 4.78 is 33.4. The van der Waals surface area contributed by atoms with E-state index in [1.54, 1.807) is 47.8 Å². The molecule has 1 aliphatic rings. The molecule has 0 spiro atoms. The van der Waals surface area contributed by atoms with E-state index in [-0.39, 0.29) is 12.5 Å². The number of benzene rings is 2. The summed E-state index contributed by atoms with van der Waals surface area (Å²) in [6.07, 6.45) is 2.59. The molecule has 0 aliphatic carbocycles. The lowest BCUT2D eigenvalue weighted by Gasteiger charge is -2.31. The maximum Gasteiger partial charge on any atom is 0.252 e. The Morgan fingerprint density at radius 2 is 1.75 bits per heavy atom. The lowest BCUT2D eigenvalue weighted by atomic mass is 10.1. The lowest BCUT2D eigenvalue weighted by Crippen LogP contribution is -2.44. The predicted molar refractivity (Wildman–Crippen MR) is 143 cm³/mol. The SMILES string of the molecule is CCc1ccc(CNC2CCN(S(=O)(=O)c3ccc(CNC(=O)c4cccc(OC)c4)s3)CC2)cc1. The third kappa shape index (κ3) is 6.53. The summed E-state index contributed by atoms with van der Waals surface area (Å²) in [5.74, 6) is 0.374. The first-order valence-corrected chi connectivity index (χ1v) is 14.5. The highest BCUT2D eigenvalue weighted by molar-refractivity contribution is 7.91. The van der Waals surface area contributed by atoms with Crippen molar-refractivity contribution < 1.29 is 17.9 Å². The Bertz CT molecular complexity index is 1260. The van der Waals surface area contributed by atoms with Crippen molar-refractivity contribution in [2.45, 2.75) is 49.5 Å². The van der Waals surface area contributed by atoms with Gasteiger partial charge < -0.3 is 15.4 Å². The number of thiophene rings is 1. The molecule has 1 fully saturated rings. The Morgan fingerprint density at radius 1 is 1.03 bits per heavy atom. The number of carbonyl (C=O) groups is 1. The van der Waals surface area contributed by atoms with Crippen LogP contribution in [0.4, 0.5) is 0 Å². The molecule has 192 valence electrons. The van der Waals surface area contributed by atoms with Gasteiger partial charge in [-0.25, -0.2) is 8.42 Å². The van der Waals surface area contributed by atoms with Crippen LogP contribution in [0.15, 0.2) is 64.9 Å². The third-order valence-corrected chi connectivity index (χ3v) is 9.92. The molecule has 0 saturated carbocycles. The number of nitrogens with zero attached hydrogens (tertiary/aromatic N) is 1. The molecule has 7 nitrogen and oxygen atoms in total. The summed E-state index contributed by atoms with van der Waals surface area (Å²) in [7, 11) is -1.99. The smallest absolute Gasteiger partial charge is 0.252 e. The molecule has 4 rings (SSSR count). The summed E-state index contributed by atoms with van der Waals surface area (Å²) in [6.45, 7) is 4.19. The van der Waals surface area contributed by atoms with Crippen molar-refractivity contribution in [1.82, 2.24) is 14.9 Å². The van der Waals surface area contributed by atoms with Crippen molar-refractivity contribution in [3.8, 4) is 5.75 Å². The first kappa shape index (κ1) is 26.3. The van der Waals surface area contributed by atoms with Crippen molar-refractivity contribution in [2.75, 3.05) is 20.2 Å². The predicted octanol–water partition coefficient (Wildman–Crippen LogP) is 4.19. The van der Waals surface area contributed by atoms with Gasteiger partial charge in [0.25, 0.3) is 15.9 Å². The van der Waals surface area contributed by atoms with E-state index in [9.17, 15) is 13.2 Å². The van der Waals surface area contributed by atoms with Gasteiger partial charge >= 0.3 is 0 Å². The van der Waals surface area contributed by atoms with Gasteiger partial charge in [-0.3, -0.25) is 4.79 Å². The Balaban J connectivity index is 1.27. The van der Waals surface area contributed by atoms with Gasteiger partial charge in [-0.2, -0.15) is 4.31 Å². The zero-order chi connectivity index (χ0) is 25.5. The molecule has 1 amide bonds. The largest absolute Gasteiger partial charge is 0.497 e. The number of rotatable bonds is 10. The number of nitrogens with one attached hydrogen (secondary N) is 2. The summed E-state index contributed by atoms with van der Waals surface area (Å²) >= 11 is 1.20. The van der Waals surface area contributed by atoms with Gasteiger partial charge in [-0.05, 0) is 60.7 Å². The molecule has 0 bridgehead atoms. The molecular weight excluding hydrogens is 494 g/mol. The maximum atomic E-state index is 13.2. The number of methoxy groups -OCH3 is 1. The molecule has 9 heteroatoms. The van der Waals surface area contributed by atoms with Crippen molar-refractivity contribution in [1.29, 1.82) is 0 Å². The monoisotopic (exact) mass is 527 g/mol. The van der Waals surface area contributed by atoms with Gasteiger partial charge in [-0.15, -0.1) is 11.3 Å². The zero-order valence-corrected chi connectivity index (χ0v) is 22.3. The first-order chi connectivity index (χ1) is 17.4. The molecule has 1 aromatic heterocycles. The highest BCUT2D eigenvalue weighted by atomic mass is 32.2. The van der Waals surface area contributed by atoms with Crippen molar-refractivity contribution in [3.05, 3.63) is 82.2 Å². The summed E-state index contributed by atoms with van der Waals surface area (Å²) in [5, 5.41) is 6.42. The fourth-order valence-corrected chi connectivity index (χ4v) is 7.13. The minimum Gasteiger partial charge on any atom is -0.497 e. The third-order valence-electron chi connectivity index (χ3n) is 6.47. The van der Waals surface area contributed by atoms with Crippen molar-refractivity contribution in [2.24, 2.45) is 0 Å². The van der Waals surface area contributed by atoms with E-state index in [1.165, 1.54) is 22.5 Å². The zero-order valence-electron chi connectivity index (χ0n) is 20.7. The van der Waals surface area contributed by atoms with Gasteiger partial charge in [0.2, 0.25) is 0 Å². The number of piperidine rings is 1. The Morgan fingerprint density at radius 3 is 2.44 bits per heavy atom. The second-order valence-electron chi connectivity index (χ2n) is 8.86. The fraction of sp³-hybridized carbons (Fsp3) is 0.370. The van der Waals surface area contributed by atoms with E-state index in [0.29, 0.717) is 34.7 Å². The Kier molecular flexibility index (Phi) is 8.79. The molecule has 1 aliphatic heterocycles. The minimum atomic E-state index is -3.54. The molecule has 2 heterocycles. The number of hydrogen-bond acceptors (Lipinski definition) is 6. The number of hydrogen-bond donors (Lipinski definition) is 2. The van der Waals surface area contributed by atoms with E-state index < -0.39 is 10.0 Å². The maximum absolute atomic E-state index is 13.2. The molecule has 3 aromatic rings. The average Bonchev–Trinajstić information content (AvgIpc) is 3.41. The highest BCUT2D eigenvalue weighted by Gasteiger charge is 2.30. The second-order valence-corrected chi connectivity index (χ2v) is 12.2. The highest BCUT2D eigenvalue weighted by Crippen LogP contribution is 2.27. The second kappa shape index (κ2) is 12.0. The standard InChI is InChI=1S/C27H33N3O4S2/c1-3-20-7-9-21(10-8-20)18-28-23-13-15-30(16-14-23)36(32,33)26-12-11-25(35-26)19-29-27(31)22-5-4-6-24(17-22)34-2/h4-12,17,23,28H,3,13-16,18-19H2,1-2H3,(H,29,31). The van der Waals surface area contributed by atoms with Crippen LogP contribution in [-0.2, 0) is 29.5 Å². The van der Waals surface area contributed by atoms with Gasteiger partial charge in [0.15, 0.2) is 0 Å². The van der Waals surface area contributed by atoms with E-state index in [4.69, 9.17) is 4.74 Å². The van der Waals surface area contributed by atoms with Gasteiger partial charge in [0, 0.05) is 36.1 Å². The van der Waals surface area contributed by atoms with E-state index in [0.717, 1.165) is 30.7 Å². The number of amides is 1. The van der Waals surface area contributed by atoms with Crippen molar-refractivity contribution in [3.63, 3.8) is 0 Å². The van der Waals surface area contributed by atoms with Crippen LogP contribution in [0.2, 0.25) is 0 Å². The number of ether oxygens (including phenoxy) is 1. The average molecular weight is 528 g/mol. The molecule has 36 heavy (non-hydrogen) atoms. The van der Waals surface area contributed by atoms with E-state index in [2.05, 4.69) is 41.8 Å². The normalized spacial score (nSPS) is 15.1. The molecular formula is C27H33N3O4S2. The summed E-state index contributed by atoms with van der Waals surface area (Å²) in [4.78, 5) is 13.2. The number of aryl methyl sites for hydroxylation is 1. The van der Waals surface area contributed by atoms with Crippen LogP contribution in [0.1, 0.15) is 46.1 Å². The summed E-state index contributed by atoms with van der Waals surface area (Å²) in [6, 6.07) is 19.2. The van der Waals surface area contributed by atoms with Crippen molar-refractivity contribution >= 4 is 27.3 Å². The molecule has 2 N–H and O–H groups in total. The Labute approximate surface area is 217 Å². The first-order valence-electron chi connectivity index (χ1n) is 12.2. The van der Waals surface area contributed by atoms with E-state index >= 15 is 0 Å². The van der Waals surface area contributed by atoms with Crippen LogP contribution in [0, 0.1) is 0 Å². The van der Waals surface area contributed by atoms with Crippen LogP contribution >= 0.6 is 11.3 Å². The molecule has 1 saturated heterocycles. The van der Waals surface area contributed by atoms with Crippen LogP contribution in [0.5, 0.6) is 5.75 Å². The fourth-order valence-electron chi connectivity index (χ4n) is 4.21. The topological polar surface area (TPSA) is 87.7 Å². The molecule has 0 radical (unpaired) electrons. The van der Waals surface area contributed by atoms with Gasteiger partial charge in [-0.1, -0.05) is 37.3 Å². The van der Waals surface area contributed by atoms with Crippen LogP contribution in [0.25, 0.3) is 0 Å². The van der Waals surface area contributed by atoms with E-state index in [1.807, 2.05) is 0 Å². The summed E-state index contributed by atoms with van der Waals surface area (Å²) in [5.41, 5.74) is 3.06. The minimum absolute atomic E-state index is 0.234. The Hall–Kier alpha value is -2.72. The number of carbonyl (C=O) groups excluding carboxylic acids is 1. The quantitative estimate of drug-likeness (QED) is 0.413.